The van der Waals surface area contributed by atoms with Gasteiger partial charge in [-0.2, -0.15) is 13.2 Å². The van der Waals surface area contributed by atoms with E-state index in [1.807, 2.05) is 13.8 Å². The molecule has 0 spiro atoms. The van der Waals surface area contributed by atoms with Gasteiger partial charge in [-0.15, -0.1) is 0 Å². The van der Waals surface area contributed by atoms with E-state index in [9.17, 15) is 13.2 Å². The second-order valence-corrected chi connectivity index (χ2v) is 6.06. The number of halogens is 3. The predicted molar refractivity (Wildman–Crippen MR) is 84.8 cm³/mol. The molecule has 1 aromatic heterocycles. The third kappa shape index (κ3) is 5.70. The van der Waals surface area contributed by atoms with Gasteiger partial charge in [-0.05, 0) is 32.7 Å². The first-order chi connectivity index (χ1) is 11.3. The molecule has 1 aliphatic heterocycles. The fraction of sp³-hybridized carbons (Fsp3) is 0.733. The Kier molecular flexibility index (Phi) is 6.09. The number of hydrogen-bond donors (Lipinski definition) is 2. The Hall–Kier alpha value is -1.77. The van der Waals surface area contributed by atoms with Crippen LogP contribution in [0.5, 0.6) is 0 Å². The van der Waals surface area contributed by atoms with Gasteiger partial charge in [-0.1, -0.05) is 0 Å². The molecular weight excluding hydrogens is 323 g/mol. The average molecular weight is 347 g/mol. The fourth-order valence-electron chi connectivity index (χ4n) is 2.71. The van der Waals surface area contributed by atoms with Gasteiger partial charge in [-0.3, -0.25) is 9.89 Å². The number of hydrogen-bond acceptors (Lipinski definition) is 4. The van der Waals surface area contributed by atoms with Crippen LogP contribution in [0.2, 0.25) is 0 Å². The summed E-state index contributed by atoms with van der Waals surface area (Å²) in [5, 5.41) is 6.24. The van der Waals surface area contributed by atoms with Gasteiger partial charge in [-0.25, -0.2) is 4.98 Å². The van der Waals surface area contributed by atoms with E-state index in [0.29, 0.717) is 38.0 Å². The molecule has 0 saturated carbocycles. The number of nitrogens with one attached hydrogen (secondary N) is 2. The zero-order valence-corrected chi connectivity index (χ0v) is 14.2. The average Bonchev–Trinajstić information content (AvgIpc) is 3.04. The lowest BCUT2D eigenvalue weighted by atomic mass is 10.1. The molecule has 1 atom stereocenters. The normalized spacial score (nSPS) is 19.8. The number of aliphatic imine (C=N–C) groups is 1. The summed E-state index contributed by atoms with van der Waals surface area (Å²) in [4.78, 5) is 9.82. The van der Waals surface area contributed by atoms with Crippen LogP contribution < -0.4 is 10.6 Å². The maximum atomic E-state index is 12.4. The van der Waals surface area contributed by atoms with Gasteiger partial charge >= 0.3 is 6.18 Å². The van der Waals surface area contributed by atoms with Crippen molar-refractivity contribution in [2.45, 2.75) is 33.0 Å². The Labute approximate surface area is 139 Å². The van der Waals surface area contributed by atoms with E-state index in [0.717, 1.165) is 17.9 Å². The summed E-state index contributed by atoms with van der Waals surface area (Å²) < 4.78 is 42.7. The Morgan fingerprint density at radius 2 is 2.12 bits per heavy atom. The molecule has 24 heavy (non-hydrogen) atoms. The lowest BCUT2D eigenvalue weighted by Gasteiger charge is -2.18. The van der Waals surface area contributed by atoms with E-state index < -0.39 is 12.7 Å². The molecule has 0 aromatic carbocycles. The SMILES string of the molecule is CN=C(NCc1nc(C)c(C)o1)NCC1CCN(CC(F)(F)F)C1. The zero-order valence-electron chi connectivity index (χ0n) is 14.2. The Balaban J connectivity index is 1.72. The topological polar surface area (TPSA) is 65.7 Å². The lowest BCUT2D eigenvalue weighted by molar-refractivity contribution is -0.143. The zero-order chi connectivity index (χ0) is 17.7. The third-order valence-electron chi connectivity index (χ3n) is 4.03. The van der Waals surface area contributed by atoms with E-state index in [-0.39, 0.29) is 5.92 Å². The molecule has 0 bridgehead atoms. The molecule has 2 rings (SSSR count). The van der Waals surface area contributed by atoms with Crippen molar-refractivity contribution in [2.75, 3.05) is 33.2 Å². The highest BCUT2D eigenvalue weighted by atomic mass is 19.4. The maximum absolute atomic E-state index is 12.4. The first kappa shape index (κ1) is 18.6. The molecule has 1 unspecified atom stereocenters. The highest BCUT2D eigenvalue weighted by molar-refractivity contribution is 5.79. The molecule has 1 fully saturated rings. The number of guanidine groups is 1. The van der Waals surface area contributed by atoms with E-state index in [1.165, 1.54) is 4.90 Å². The van der Waals surface area contributed by atoms with Crippen molar-refractivity contribution in [1.29, 1.82) is 0 Å². The second kappa shape index (κ2) is 7.87. The molecule has 0 aliphatic carbocycles. The van der Waals surface area contributed by atoms with Crippen LogP contribution in [0, 0.1) is 19.8 Å². The molecule has 1 saturated heterocycles. The van der Waals surface area contributed by atoms with Crippen molar-refractivity contribution in [1.82, 2.24) is 20.5 Å². The molecule has 1 aromatic rings. The molecule has 0 radical (unpaired) electrons. The number of oxazole rings is 1. The van der Waals surface area contributed by atoms with Crippen molar-refractivity contribution < 1.29 is 17.6 Å². The monoisotopic (exact) mass is 347 g/mol. The van der Waals surface area contributed by atoms with Gasteiger partial charge in [0, 0.05) is 20.1 Å². The van der Waals surface area contributed by atoms with Crippen molar-refractivity contribution >= 4 is 5.96 Å². The number of likely N-dealkylation sites (tertiary alicyclic amines) is 1. The van der Waals surface area contributed by atoms with Gasteiger partial charge < -0.3 is 15.1 Å². The summed E-state index contributed by atoms with van der Waals surface area (Å²) in [6, 6.07) is 0. The van der Waals surface area contributed by atoms with E-state index in [1.54, 1.807) is 7.05 Å². The number of rotatable bonds is 5. The third-order valence-corrected chi connectivity index (χ3v) is 4.03. The highest BCUT2D eigenvalue weighted by Gasteiger charge is 2.34. The molecule has 1 aliphatic rings. The molecule has 0 amide bonds. The maximum Gasteiger partial charge on any atom is 0.401 e. The molecular formula is C15H24F3N5O. The number of aryl methyl sites for hydroxylation is 2. The van der Waals surface area contributed by atoms with Crippen molar-refractivity contribution in [3.05, 3.63) is 17.3 Å². The lowest BCUT2D eigenvalue weighted by Crippen LogP contribution is -2.40. The minimum Gasteiger partial charge on any atom is -0.444 e. The Bertz CT molecular complexity index is 550. The summed E-state index contributed by atoms with van der Waals surface area (Å²) in [7, 11) is 1.64. The minimum absolute atomic E-state index is 0.178. The van der Waals surface area contributed by atoms with Crippen LogP contribution in [0.3, 0.4) is 0 Å². The summed E-state index contributed by atoms with van der Waals surface area (Å²) in [6.07, 6.45) is -3.38. The number of aromatic nitrogens is 1. The van der Waals surface area contributed by atoms with Crippen LogP contribution in [0.4, 0.5) is 13.2 Å². The smallest absolute Gasteiger partial charge is 0.401 e. The van der Waals surface area contributed by atoms with Crippen molar-refractivity contribution in [2.24, 2.45) is 10.9 Å². The molecule has 6 nitrogen and oxygen atoms in total. The Morgan fingerprint density at radius 1 is 1.38 bits per heavy atom. The standard InChI is InChI=1S/C15H24F3N5O/c1-10-11(2)24-13(22-10)7-21-14(19-3)20-6-12-4-5-23(8-12)9-15(16,17)18/h12H,4-9H2,1-3H3,(H2,19,20,21). The summed E-state index contributed by atoms with van der Waals surface area (Å²) in [5.74, 6) is 2.12. The van der Waals surface area contributed by atoms with E-state index in [2.05, 4.69) is 20.6 Å². The first-order valence-corrected chi connectivity index (χ1v) is 7.93. The van der Waals surface area contributed by atoms with Crippen LogP contribution in [-0.4, -0.2) is 55.2 Å². The van der Waals surface area contributed by atoms with Crippen LogP contribution in [-0.2, 0) is 6.54 Å². The van der Waals surface area contributed by atoms with Gasteiger partial charge in [0.1, 0.15) is 5.76 Å². The summed E-state index contributed by atoms with van der Waals surface area (Å²) in [5.41, 5.74) is 0.852. The molecule has 2 N–H and O–H groups in total. The Morgan fingerprint density at radius 3 is 2.71 bits per heavy atom. The van der Waals surface area contributed by atoms with Crippen LogP contribution in [0.1, 0.15) is 23.8 Å². The van der Waals surface area contributed by atoms with E-state index >= 15 is 0 Å². The van der Waals surface area contributed by atoms with Crippen LogP contribution in [0.25, 0.3) is 0 Å². The van der Waals surface area contributed by atoms with Gasteiger partial charge in [0.15, 0.2) is 5.96 Å². The molecule has 136 valence electrons. The van der Waals surface area contributed by atoms with E-state index in [4.69, 9.17) is 4.42 Å². The molecule has 9 heteroatoms. The fourth-order valence-corrected chi connectivity index (χ4v) is 2.71. The number of nitrogens with zero attached hydrogens (tertiary/aromatic N) is 3. The largest absolute Gasteiger partial charge is 0.444 e. The summed E-state index contributed by atoms with van der Waals surface area (Å²) >= 11 is 0. The van der Waals surface area contributed by atoms with Gasteiger partial charge in [0.05, 0.1) is 18.8 Å². The van der Waals surface area contributed by atoms with Crippen molar-refractivity contribution in [3.63, 3.8) is 0 Å². The van der Waals surface area contributed by atoms with Crippen molar-refractivity contribution in [3.8, 4) is 0 Å². The van der Waals surface area contributed by atoms with Crippen LogP contribution >= 0.6 is 0 Å². The quantitative estimate of drug-likeness (QED) is 0.629. The van der Waals surface area contributed by atoms with Crippen LogP contribution in [0.15, 0.2) is 9.41 Å². The van der Waals surface area contributed by atoms with Gasteiger partial charge in [0.25, 0.3) is 0 Å². The first-order valence-electron chi connectivity index (χ1n) is 7.93. The predicted octanol–water partition coefficient (Wildman–Crippen LogP) is 1.84. The summed E-state index contributed by atoms with van der Waals surface area (Å²) in [6.45, 7) is 4.80. The second-order valence-electron chi connectivity index (χ2n) is 6.06. The number of alkyl halides is 3. The highest BCUT2D eigenvalue weighted by Crippen LogP contribution is 2.22. The van der Waals surface area contributed by atoms with Gasteiger partial charge in [0.2, 0.25) is 5.89 Å². The molecule has 2 heterocycles. The minimum atomic E-state index is -4.13.